The summed E-state index contributed by atoms with van der Waals surface area (Å²) >= 11 is 6.20. The fourth-order valence-corrected chi connectivity index (χ4v) is 3.57. The number of aliphatic imine (C=N–C) groups is 1. The number of hydrogen-bond donors (Lipinski definition) is 2. The Bertz CT molecular complexity index is 895. The van der Waals surface area contributed by atoms with Crippen molar-refractivity contribution in [1.82, 2.24) is 4.90 Å². The smallest absolute Gasteiger partial charge is 0.132 e. The molecule has 140 valence electrons. The van der Waals surface area contributed by atoms with Crippen molar-refractivity contribution >= 4 is 28.8 Å². The fourth-order valence-electron chi connectivity index (χ4n) is 3.40. The molecule has 0 aromatic heterocycles. The SMILES string of the molecule is N=C(C1CN=C(c2ccccc2F)c2cc(Cl)ccc2N1)N1CCOCC1. The number of benzene rings is 2. The normalized spacial score (nSPS) is 19.6. The number of morpholine rings is 1. The molecule has 2 aliphatic heterocycles. The zero-order valence-corrected chi connectivity index (χ0v) is 15.5. The van der Waals surface area contributed by atoms with Gasteiger partial charge in [0.1, 0.15) is 17.7 Å². The molecule has 2 heterocycles. The summed E-state index contributed by atoms with van der Waals surface area (Å²) in [7, 11) is 0. The molecule has 1 unspecified atom stereocenters. The molecule has 1 atom stereocenters. The number of rotatable bonds is 2. The van der Waals surface area contributed by atoms with Gasteiger partial charge in [0.05, 0.1) is 25.5 Å². The van der Waals surface area contributed by atoms with E-state index in [1.54, 1.807) is 30.3 Å². The molecular weight excluding hydrogens is 367 g/mol. The van der Waals surface area contributed by atoms with E-state index in [-0.39, 0.29) is 11.9 Å². The van der Waals surface area contributed by atoms with E-state index < -0.39 is 0 Å². The number of benzodiazepines with no additional fused rings is 1. The lowest BCUT2D eigenvalue weighted by molar-refractivity contribution is 0.0666. The molecule has 7 heteroatoms. The van der Waals surface area contributed by atoms with Crippen LogP contribution in [0.25, 0.3) is 0 Å². The standard InChI is InChI=1S/C20H20ClFN4O/c21-13-5-6-17-15(11-13)19(14-3-1-2-4-16(14)22)24-12-18(25-17)20(23)26-7-9-27-10-8-26/h1-6,11,18,23,25H,7-10,12H2. The van der Waals surface area contributed by atoms with Crippen molar-refractivity contribution in [3.8, 4) is 0 Å². The average Bonchev–Trinajstić information content (AvgIpc) is 2.88. The minimum atomic E-state index is -0.330. The first kappa shape index (κ1) is 17.9. The van der Waals surface area contributed by atoms with E-state index in [1.807, 2.05) is 11.0 Å². The van der Waals surface area contributed by atoms with Crippen LogP contribution in [0.1, 0.15) is 11.1 Å². The number of fused-ring (bicyclic) bond motifs is 1. The predicted octanol–water partition coefficient (Wildman–Crippen LogP) is 3.42. The molecule has 1 saturated heterocycles. The van der Waals surface area contributed by atoms with Gasteiger partial charge in [-0.05, 0) is 30.3 Å². The van der Waals surface area contributed by atoms with Gasteiger partial charge in [-0.3, -0.25) is 10.4 Å². The van der Waals surface area contributed by atoms with Crippen LogP contribution in [-0.2, 0) is 4.74 Å². The van der Waals surface area contributed by atoms with E-state index >= 15 is 0 Å². The third kappa shape index (κ3) is 3.68. The van der Waals surface area contributed by atoms with Gasteiger partial charge in [0.15, 0.2) is 0 Å². The average molecular weight is 387 g/mol. The number of nitrogens with zero attached hydrogens (tertiary/aromatic N) is 2. The molecule has 1 fully saturated rings. The van der Waals surface area contributed by atoms with Crippen LogP contribution in [0.2, 0.25) is 5.02 Å². The van der Waals surface area contributed by atoms with E-state index in [9.17, 15) is 4.39 Å². The molecule has 2 aromatic carbocycles. The van der Waals surface area contributed by atoms with E-state index in [4.69, 9.17) is 26.7 Å². The predicted molar refractivity (Wildman–Crippen MR) is 106 cm³/mol. The molecular formula is C20H20ClFN4O. The Labute approximate surface area is 162 Å². The van der Waals surface area contributed by atoms with Crippen LogP contribution < -0.4 is 5.32 Å². The van der Waals surface area contributed by atoms with Crippen molar-refractivity contribution in [3.05, 3.63) is 64.4 Å². The third-order valence-electron chi connectivity index (χ3n) is 4.81. The van der Waals surface area contributed by atoms with Crippen LogP contribution in [0.5, 0.6) is 0 Å². The lowest BCUT2D eigenvalue weighted by atomic mass is 10.00. The molecule has 0 saturated carbocycles. The molecule has 2 aliphatic rings. The van der Waals surface area contributed by atoms with Crippen molar-refractivity contribution in [1.29, 1.82) is 5.41 Å². The Hall–Kier alpha value is -2.44. The van der Waals surface area contributed by atoms with E-state index in [0.717, 1.165) is 11.3 Å². The van der Waals surface area contributed by atoms with Crippen molar-refractivity contribution in [2.24, 2.45) is 4.99 Å². The van der Waals surface area contributed by atoms with Gasteiger partial charge in [0.2, 0.25) is 0 Å². The van der Waals surface area contributed by atoms with E-state index in [2.05, 4.69) is 5.32 Å². The van der Waals surface area contributed by atoms with E-state index in [1.165, 1.54) is 6.07 Å². The molecule has 27 heavy (non-hydrogen) atoms. The van der Waals surface area contributed by atoms with Gasteiger partial charge in [-0.15, -0.1) is 0 Å². The highest BCUT2D eigenvalue weighted by Gasteiger charge is 2.27. The zero-order valence-electron chi connectivity index (χ0n) is 14.7. The van der Waals surface area contributed by atoms with Crippen LogP contribution in [0.15, 0.2) is 47.5 Å². The monoisotopic (exact) mass is 386 g/mol. The first-order chi connectivity index (χ1) is 13.1. The van der Waals surface area contributed by atoms with Crippen LogP contribution >= 0.6 is 11.6 Å². The summed E-state index contributed by atoms with van der Waals surface area (Å²) < 4.78 is 19.8. The Morgan fingerprint density at radius 1 is 1.19 bits per heavy atom. The summed E-state index contributed by atoms with van der Waals surface area (Å²) in [5.74, 6) is 0.140. The molecule has 4 rings (SSSR count). The van der Waals surface area contributed by atoms with Crippen molar-refractivity contribution < 1.29 is 9.13 Å². The van der Waals surface area contributed by atoms with Crippen molar-refractivity contribution in [2.75, 3.05) is 38.2 Å². The summed E-state index contributed by atoms with van der Waals surface area (Å²) in [6, 6.07) is 11.7. The molecule has 0 bridgehead atoms. The molecule has 2 aromatic rings. The summed E-state index contributed by atoms with van der Waals surface area (Å²) in [4.78, 5) is 6.69. The maximum Gasteiger partial charge on any atom is 0.132 e. The minimum Gasteiger partial charge on any atom is -0.378 e. The van der Waals surface area contributed by atoms with Gasteiger partial charge >= 0.3 is 0 Å². The largest absolute Gasteiger partial charge is 0.378 e. The highest BCUT2D eigenvalue weighted by molar-refractivity contribution is 6.31. The molecule has 0 radical (unpaired) electrons. The van der Waals surface area contributed by atoms with Gasteiger partial charge in [0, 0.05) is 34.9 Å². The zero-order chi connectivity index (χ0) is 18.8. The Kier molecular flexibility index (Phi) is 5.09. The van der Waals surface area contributed by atoms with Crippen LogP contribution in [0.3, 0.4) is 0 Å². The third-order valence-corrected chi connectivity index (χ3v) is 5.04. The lowest BCUT2D eigenvalue weighted by Gasteiger charge is -2.32. The summed E-state index contributed by atoms with van der Waals surface area (Å²) in [6.07, 6.45) is 0. The topological polar surface area (TPSA) is 60.7 Å². The summed E-state index contributed by atoms with van der Waals surface area (Å²) in [6.45, 7) is 2.95. The number of nitrogens with one attached hydrogen (secondary N) is 2. The number of anilines is 1. The first-order valence-corrected chi connectivity index (χ1v) is 9.28. The second kappa shape index (κ2) is 7.66. The molecule has 2 N–H and O–H groups in total. The molecule has 0 aliphatic carbocycles. The van der Waals surface area contributed by atoms with Crippen molar-refractivity contribution in [3.63, 3.8) is 0 Å². The number of ether oxygens (including phenoxy) is 1. The summed E-state index contributed by atoms with van der Waals surface area (Å²) in [5.41, 5.74) is 2.52. The van der Waals surface area contributed by atoms with Crippen LogP contribution in [0.4, 0.5) is 10.1 Å². The van der Waals surface area contributed by atoms with E-state index in [0.29, 0.717) is 55.0 Å². The van der Waals surface area contributed by atoms with Crippen LogP contribution in [0, 0.1) is 11.2 Å². The lowest BCUT2D eigenvalue weighted by Crippen LogP contribution is -2.48. The highest BCUT2D eigenvalue weighted by Crippen LogP contribution is 2.28. The van der Waals surface area contributed by atoms with Gasteiger partial charge in [-0.2, -0.15) is 0 Å². The molecule has 0 amide bonds. The van der Waals surface area contributed by atoms with Gasteiger partial charge < -0.3 is 15.0 Å². The summed E-state index contributed by atoms with van der Waals surface area (Å²) in [5, 5.41) is 12.6. The number of halogens is 2. The number of hydrogen-bond acceptors (Lipinski definition) is 4. The Balaban J connectivity index is 1.73. The van der Waals surface area contributed by atoms with Gasteiger partial charge in [-0.1, -0.05) is 23.7 Å². The van der Waals surface area contributed by atoms with Crippen molar-refractivity contribution in [2.45, 2.75) is 6.04 Å². The van der Waals surface area contributed by atoms with Crippen LogP contribution in [-0.4, -0.2) is 55.3 Å². The highest BCUT2D eigenvalue weighted by atomic mass is 35.5. The first-order valence-electron chi connectivity index (χ1n) is 8.90. The number of amidine groups is 1. The quantitative estimate of drug-likeness (QED) is 0.614. The second-order valence-electron chi connectivity index (χ2n) is 6.54. The Morgan fingerprint density at radius 3 is 2.74 bits per heavy atom. The minimum absolute atomic E-state index is 0.299. The fraction of sp³-hybridized carbons (Fsp3) is 0.300. The molecule has 0 spiro atoms. The molecule has 5 nitrogen and oxygen atoms in total. The maximum atomic E-state index is 14.4. The second-order valence-corrected chi connectivity index (χ2v) is 6.98. The van der Waals surface area contributed by atoms with Gasteiger partial charge in [-0.25, -0.2) is 4.39 Å². The Morgan fingerprint density at radius 2 is 1.96 bits per heavy atom. The van der Waals surface area contributed by atoms with Gasteiger partial charge in [0.25, 0.3) is 0 Å². The maximum absolute atomic E-state index is 14.4.